The summed E-state index contributed by atoms with van der Waals surface area (Å²) in [7, 11) is 0. The highest BCUT2D eigenvalue weighted by atomic mass is 16.1. The number of carbonyl (C=O) groups is 1. The van der Waals surface area contributed by atoms with Crippen LogP contribution in [0.4, 0.5) is 0 Å². The minimum absolute atomic E-state index is 0.0313. The van der Waals surface area contributed by atoms with E-state index >= 15 is 0 Å². The Bertz CT molecular complexity index is 704. The highest BCUT2D eigenvalue weighted by molar-refractivity contribution is 5.94. The monoisotopic (exact) mass is 298 g/mol. The van der Waals surface area contributed by atoms with Gasteiger partial charge in [-0.25, -0.2) is 0 Å². The molecule has 2 aromatic rings. The molecule has 1 aromatic carbocycles. The van der Waals surface area contributed by atoms with Crippen molar-refractivity contribution in [3.8, 4) is 0 Å². The summed E-state index contributed by atoms with van der Waals surface area (Å²) in [4.78, 5) is 23.7. The molecule has 1 N–H and O–H groups in total. The van der Waals surface area contributed by atoms with E-state index in [1.807, 2.05) is 44.2 Å². The van der Waals surface area contributed by atoms with Gasteiger partial charge in [-0.15, -0.1) is 0 Å². The van der Waals surface area contributed by atoms with Crippen molar-refractivity contribution in [3.05, 3.63) is 69.6 Å². The third-order valence-electron chi connectivity index (χ3n) is 3.64. The van der Waals surface area contributed by atoms with Crippen molar-refractivity contribution in [2.75, 3.05) is 6.54 Å². The van der Waals surface area contributed by atoms with Gasteiger partial charge in [0.25, 0.3) is 11.5 Å². The van der Waals surface area contributed by atoms with Crippen LogP contribution in [0.3, 0.4) is 0 Å². The number of benzene rings is 1. The first-order chi connectivity index (χ1) is 10.6. The molecule has 0 radical (unpaired) electrons. The van der Waals surface area contributed by atoms with Crippen molar-refractivity contribution in [1.82, 2.24) is 9.88 Å². The number of nitrogens with zero attached hydrogens (tertiary/aromatic N) is 1. The number of hydrogen-bond donors (Lipinski definition) is 1. The van der Waals surface area contributed by atoms with Crippen LogP contribution >= 0.6 is 0 Å². The highest BCUT2D eigenvalue weighted by Crippen LogP contribution is 2.04. The molecular formula is C18H22N2O2. The lowest BCUT2D eigenvalue weighted by Crippen LogP contribution is -2.25. The standard InChI is InChI=1S/C18H22N2O2/c1-14-7-5-9-16(13-14)18(22)19-11-3-4-12-20-15(2)8-6-10-17(20)21/h5-10,13H,3-4,11-12H2,1-2H3,(H,19,22). The Labute approximate surface area is 130 Å². The smallest absolute Gasteiger partial charge is 0.251 e. The number of aromatic nitrogens is 1. The van der Waals surface area contributed by atoms with Gasteiger partial charge in [0.1, 0.15) is 0 Å². The molecule has 0 saturated heterocycles. The molecule has 0 fully saturated rings. The Hall–Kier alpha value is -2.36. The Balaban J connectivity index is 1.76. The summed E-state index contributed by atoms with van der Waals surface area (Å²) in [5.74, 6) is -0.0447. The number of amides is 1. The zero-order valence-electron chi connectivity index (χ0n) is 13.1. The molecule has 0 aliphatic carbocycles. The molecule has 0 spiro atoms. The number of hydrogen-bond acceptors (Lipinski definition) is 2. The molecule has 1 amide bonds. The van der Waals surface area contributed by atoms with E-state index in [0.717, 1.165) is 24.1 Å². The number of unbranched alkanes of at least 4 members (excludes halogenated alkanes) is 1. The summed E-state index contributed by atoms with van der Waals surface area (Å²) in [5, 5.41) is 2.92. The predicted octanol–water partition coefficient (Wildman–Crippen LogP) is 2.68. The van der Waals surface area contributed by atoms with Crippen molar-refractivity contribution in [2.24, 2.45) is 0 Å². The minimum atomic E-state index is -0.0447. The molecule has 0 atom stereocenters. The second-order valence-corrected chi connectivity index (χ2v) is 5.49. The normalized spacial score (nSPS) is 10.5. The van der Waals surface area contributed by atoms with Gasteiger partial charge in [-0.1, -0.05) is 23.8 Å². The van der Waals surface area contributed by atoms with E-state index in [0.29, 0.717) is 18.7 Å². The van der Waals surface area contributed by atoms with E-state index in [9.17, 15) is 9.59 Å². The van der Waals surface area contributed by atoms with Gasteiger partial charge in [0, 0.05) is 30.4 Å². The van der Waals surface area contributed by atoms with Crippen molar-refractivity contribution in [1.29, 1.82) is 0 Å². The molecule has 0 unspecified atom stereocenters. The fourth-order valence-electron chi connectivity index (χ4n) is 2.40. The van der Waals surface area contributed by atoms with Gasteiger partial charge < -0.3 is 9.88 Å². The van der Waals surface area contributed by atoms with Crippen LogP contribution < -0.4 is 10.9 Å². The first-order valence-electron chi connectivity index (χ1n) is 7.59. The van der Waals surface area contributed by atoms with E-state index in [4.69, 9.17) is 0 Å². The molecule has 116 valence electrons. The summed E-state index contributed by atoms with van der Waals surface area (Å²) in [5.41, 5.74) is 2.77. The molecular weight excluding hydrogens is 276 g/mol. The molecule has 0 aliphatic heterocycles. The fraction of sp³-hybridized carbons (Fsp3) is 0.333. The van der Waals surface area contributed by atoms with Crippen LogP contribution in [0.25, 0.3) is 0 Å². The highest BCUT2D eigenvalue weighted by Gasteiger charge is 2.04. The second kappa shape index (κ2) is 7.59. The maximum Gasteiger partial charge on any atom is 0.251 e. The number of nitrogens with one attached hydrogen (secondary N) is 1. The lowest BCUT2D eigenvalue weighted by molar-refractivity contribution is 0.0952. The molecule has 22 heavy (non-hydrogen) atoms. The average Bonchev–Trinajstić information content (AvgIpc) is 2.49. The van der Waals surface area contributed by atoms with Gasteiger partial charge in [0.15, 0.2) is 0 Å². The quantitative estimate of drug-likeness (QED) is 0.834. The largest absolute Gasteiger partial charge is 0.352 e. The van der Waals surface area contributed by atoms with Crippen LogP contribution in [0, 0.1) is 13.8 Å². The Morgan fingerprint density at radius 3 is 2.59 bits per heavy atom. The number of carbonyl (C=O) groups excluding carboxylic acids is 1. The van der Waals surface area contributed by atoms with Crippen LogP contribution in [-0.4, -0.2) is 17.0 Å². The molecule has 4 heteroatoms. The van der Waals surface area contributed by atoms with Gasteiger partial charge in [-0.05, 0) is 44.9 Å². The second-order valence-electron chi connectivity index (χ2n) is 5.49. The molecule has 1 aromatic heterocycles. The van der Waals surface area contributed by atoms with Gasteiger partial charge in [0.2, 0.25) is 0 Å². The van der Waals surface area contributed by atoms with E-state index in [2.05, 4.69) is 5.32 Å². The number of aryl methyl sites for hydroxylation is 2. The maximum absolute atomic E-state index is 12.0. The molecule has 0 bridgehead atoms. The molecule has 0 saturated carbocycles. The van der Waals surface area contributed by atoms with Crippen LogP contribution in [0.5, 0.6) is 0 Å². The van der Waals surface area contributed by atoms with E-state index in [-0.39, 0.29) is 11.5 Å². The molecule has 0 aliphatic rings. The average molecular weight is 298 g/mol. The lowest BCUT2D eigenvalue weighted by atomic mass is 10.1. The molecule has 1 heterocycles. The lowest BCUT2D eigenvalue weighted by Gasteiger charge is -2.09. The minimum Gasteiger partial charge on any atom is -0.352 e. The van der Waals surface area contributed by atoms with E-state index in [1.54, 1.807) is 16.7 Å². The SMILES string of the molecule is Cc1cccc(C(=O)NCCCCn2c(C)cccc2=O)c1. The van der Waals surface area contributed by atoms with Crippen LogP contribution in [0.15, 0.2) is 47.3 Å². The first-order valence-corrected chi connectivity index (χ1v) is 7.59. The third kappa shape index (κ3) is 4.32. The molecule has 4 nitrogen and oxygen atoms in total. The van der Waals surface area contributed by atoms with Crippen molar-refractivity contribution >= 4 is 5.91 Å². The first kappa shape index (κ1) is 16.0. The predicted molar refractivity (Wildman–Crippen MR) is 88.2 cm³/mol. The van der Waals surface area contributed by atoms with Gasteiger partial charge in [0.05, 0.1) is 0 Å². The summed E-state index contributed by atoms with van der Waals surface area (Å²) in [6, 6.07) is 12.8. The van der Waals surface area contributed by atoms with Crippen molar-refractivity contribution in [2.45, 2.75) is 33.2 Å². The van der Waals surface area contributed by atoms with E-state index < -0.39 is 0 Å². The zero-order chi connectivity index (χ0) is 15.9. The Morgan fingerprint density at radius 1 is 1.09 bits per heavy atom. The number of pyridine rings is 1. The van der Waals surface area contributed by atoms with Crippen molar-refractivity contribution in [3.63, 3.8) is 0 Å². The van der Waals surface area contributed by atoms with Gasteiger partial charge in [-0.2, -0.15) is 0 Å². The Morgan fingerprint density at radius 2 is 1.86 bits per heavy atom. The van der Waals surface area contributed by atoms with Gasteiger partial charge >= 0.3 is 0 Å². The van der Waals surface area contributed by atoms with Crippen molar-refractivity contribution < 1.29 is 4.79 Å². The summed E-state index contributed by atoms with van der Waals surface area (Å²) >= 11 is 0. The van der Waals surface area contributed by atoms with Crippen LogP contribution in [0.1, 0.15) is 34.5 Å². The van der Waals surface area contributed by atoms with E-state index in [1.165, 1.54) is 0 Å². The van der Waals surface area contributed by atoms with Crippen LogP contribution in [0.2, 0.25) is 0 Å². The Kier molecular flexibility index (Phi) is 5.53. The summed E-state index contributed by atoms with van der Waals surface area (Å²) < 4.78 is 1.77. The maximum atomic E-state index is 12.0. The third-order valence-corrected chi connectivity index (χ3v) is 3.64. The number of rotatable bonds is 6. The summed E-state index contributed by atoms with van der Waals surface area (Å²) in [6.45, 7) is 5.21. The van der Waals surface area contributed by atoms with Gasteiger partial charge in [-0.3, -0.25) is 9.59 Å². The zero-order valence-corrected chi connectivity index (χ0v) is 13.1. The molecule has 2 rings (SSSR count). The van der Waals surface area contributed by atoms with Crippen LogP contribution in [-0.2, 0) is 6.54 Å². The topological polar surface area (TPSA) is 51.1 Å². The fourth-order valence-corrected chi connectivity index (χ4v) is 2.40. The summed E-state index contributed by atoms with van der Waals surface area (Å²) in [6.07, 6.45) is 1.71.